The maximum atomic E-state index is 11.6. The highest BCUT2D eigenvalue weighted by molar-refractivity contribution is 5.28. The van der Waals surface area contributed by atoms with Crippen molar-refractivity contribution in [1.29, 1.82) is 0 Å². The number of aliphatic hydroxyl groups excluding tert-OH is 10. The maximum Gasteiger partial charge on any atom is 0.187 e. The lowest BCUT2D eigenvalue weighted by Crippen LogP contribution is -2.62. The van der Waals surface area contributed by atoms with Gasteiger partial charge in [-0.25, -0.2) is 0 Å². The summed E-state index contributed by atoms with van der Waals surface area (Å²) in [5.74, 6) is -0.154. The first-order chi connectivity index (χ1) is 25.0. The first kappa shape index (κ1) is 41.6. The highest BCUT2D eigenvalue weighted by Crippen LogP contribution is 2.68. The van der Waals surface area contributed by atoms with Crippen molar-refractivity contribution >= 4 is 0 Å². The van der Waals surface area contributed by atoms with Gasteiger partial charge in [0.1, 0.15) is 48.8 Å². The Bertz CT molecular complexity index is 1320. The highest BCUT2D eigenvalue weighted by atomic mass is 16.7. The van der Waals surface area contributed by atoms with Gasteiger partial charge in [0, 0.05) is 11.8 Å². The molecule has 14 nitrogen and oxygen atoms in total. The van der Waals surface area contributed by atoms with Crippen LogP contribution in [0, 0.1) is 40.4 Å². The standard InChI is InChI=1S/C39H64O14/c1-17(2)6-9-24(43)18(3)29-25(50-36-34(48)32(46)30(44)26(15-40)51-36)14-23-21-8-7-19-12-20(42)13-28(39(19,5)22(21)10-11-38(23,29)4)53-37-35(49)33(47)31(45)27(16-41)52-37/h6-7,18,20-37,40-49H,8-16H2,1-5H3. The summed E-state index contributed by atoms with van der Waals surface area (Å²) in [5.41, 5.74) is 1.24. The van der Waals surface area contributed by atoms with Crippen LogP contribution in [0.5, 0.6) is 0 Å². The number of fused-ring (bicyclic) bond motifs is 5. The number of allylic oxidation sites excluding steroid dienone is 2. The van der Waals surface area contributed by atoms with Crippen LogP contribution in [0.25, 0.3) is 0 Å². The van der Waals surface area contributed by atoms with E-state index in [4.69, 9.17) is 18.9 Å². The van der Waals surface area contributed by atoms with Gasteiger partial charge in [-0.05, 0) is 87.4 Å². The van der Waals surface area contributed by atoms with Crippen LogP contribution >= 0.6 is 0 Å². The molecule has 2 saturated heterocycles. The fourth-order valence-corrected chi connectivity index (χ4v) is 11.5. The van der Waals surface area contributed by atoms with Gasteiger partial charge >= 0.3 is 0 Å². The molecule has 2 heterocycles. The molecule has 3 saturated carbocycles. The normalized spacial score (nSPS) is 51.0. The minimum absolute atomic E-state index is 0.0699. The number of hydrogen-bond acceptors (Lipinski definition) is 14. The molecule has 53 heavy (non-hydrogen) atoms. The van der Waals surface area contributed by atoms with E-state index >= 15 is 0 Å². The van der Waals surface area contributed by atoms with Gasteiger partial charge in [0.15, 0.2) is 12.6 Å². The Hall–Kier alpha value is -1.08. The average molecular weight is 757 g/mol. The SMILES string of the molecule is CC(C)=CCC(O)C(C)C1C(OC2OC(CO)C(O)C(O)C2O)CC2C3CC=C4CC(O)CC(OC5OC(CO)C(O)C(O)C5O)C4(C)C3CCC21C. The predicted octanol–water partition coefficient (Wildman–Crippen LogP) is -0.130. The molecule has 2 aliphatic heterocycles. The Kier molecular flexibility index (Phi) is 12.6. The summed E-state index contributed by atoms with van der Waals surface area (Å²) in [6.45, 7) is 9.24. The molecule has 21 atom stereocenters. The summed E-state index contributed by atoms with van der Waals surface area (Å²) in [6, 6.07) is 0. The van der Waals surface area contributed by atoms with Gasteiger partial charge in [0.2, 0.25) is 0 Å². The second-order valence-electron chi connectivity index (χ2n) is 17.7. The molecule has 0 aromatic heterocycles. The van der Waals surface area contributed by atoms with Gasteiger partial charge < -0.3 is 70.0 Å². The first-order valence-electron chi connectivity index (χ1n) is 19.6. The molecular weight excluding hydrogens is 692 g/mol. The zero-order valence-corrected chi connectivity index (χ0v) is 31.6. The van der Waals surface area contributed by atoms with Gasteiger partial charge in [0.25, 0.3) is 0 Å². The fourth-order valence-electron chi connectivity index (χ4n) is 11.5. The van der Waals surface area contributed by atoms with Crippen LogP contribution in [0.4, 0.5) is 0 Å². The summed E-state index contributed by atoms with van der Waals surface area (Å²) in [4.78, 5) is 0. The third-order valence-electron chi connectivity index (χ3n) is 14.5. The Balaban J connectivity index is 1.32. The lowest BCUT2D eigenvalue weighted by atomic mass is 9.46. The van der Waals surface area contributed by atoms with E-state index in [-0.39, 0.29) is 41.4 Å². The number of ether oxygens (including phenoxy) is 4. The molecule has 4 aliphatic carbocycles. The quantitative estimate of drug-likeness (QED) is 0.131. The molecule has 0 amide bonds. The van der Waals surface area contributed by atoms with Crippen molar-refractivity contribution in [3.63, 3.8) is 0 Å². The molecule has 0 radical (unpaired) electrons. The molecule has 6 aliphatic rings. The van der Waals surface area contributed by atoms with Crippen LogP contribution in [0.1, 0.15) is 79.6 Å². The summed E-state index contributed by atoms with van der Waals surface area (Å²) in [7, 11) is 0. The minimum Gasteiger partial charge on any atom is -0.394 e. The van der Waals surface area contributed by atoms with E-state index in [0.29, 0.717) is 19.3 Å². The summed E-state index contributed by atoms with van der Waals surface area (Å²) in [6.07, 6.45) is -8.52. The van der Waals surface area contributed by atoms with Crippen molar-refractivity contribution < 1.29 is 70.0 Å². The summed E-state index contributed by atoms with van der Waals surface area (Å²) >= 11 is 0. The second kappa shape index (κ2) is 16.0. The topological polar surface area (TPSA) is 239 Å². The van der Waals surface area contributed by atoms with Crippen LogP contribution in [-0.2, 0) is 18.9 Å². The third-order valence-corrected chi connectivity index (χ3v) is 14.5. The molecule has 6 rings (SSSR count). The van der Waals surface area contributed by atoms with Crippen LogP contribution in [0.2, 0.25) is 0 Å². The van der Waals surface area contributed by atoms with E-state index in [0.717, 1.165) is 30.4 Å². The Morgan fingerprint density at radius 3 is 2.00 bits per heavy atom. The minimum atomic E-state index is -1.60. The van der Waals surface area contributed by atoms with Crippen LogP contribution in [-0.4, -0.2) is 150 Å². The van der Waals surface area contributed by atoms with E-state index in [1.54, 1.807) is 0 Å². The Morgan fingerprint density at radius 2 is 1.43 bits per heavy atom. The lowest BCUT2D eigenvalue weighted by Gasteiger charge is -2.60. The monoisotopic (exact) mass is 756 g/mol. The van der Waals surface area contributed by atoms with Crippen molar-refractivity contribution in [2.45, 2.75) is 165 Å². The molecule has 0 spiro atoms. The molecule has 304 valence electrons. The van der Waals surface area contributed by atoms with Gasteiger partial charge in [-0.3, -0.25) is 0 Å². The van der Waals surface area contributed by atoms with E-state index in [1.165, 1.54) is 0 Å². The molecular formula is C39H64O14. The van der Waals surface area contributed by atoms with Crippen LogP contribution < -0.4 is 0 Å². The van der Waals surface area contributed by atoms with E-state index in [2.05, 4.69) is 19.9 Å². The van der Waals surface area contributed by atoms with Crippen LogP contribution in [0.15, 0.2) is 23.3 Å². The number of aliphatic hydroxyl groups is 10. The molecule has 10 N–H and O–H groups in total. The van der Waals surface area contributed by atoms with E-state index in [1.807, 2.05) is 26.8 Å². The van der Waals surface area contributed by atoms with Crippen LogP contribution in [0.3, 0.4) is 0 Å². The zero-order valence-electron chi connectivity index (χ0n) is 31.6. The largest absolute Gasteiger partial charge is 0.394 e. The molecule has 5 fully saturated rings. The van der Waals surface area contributed by atoms with E-state index in [9.17, 15) is 51.1 Å². The molecule has 0 aromatic rings. The number of rotatable bonds is 10. The molecule has 0 aromatic carbocycles. The van der Waals surface area contributed by atoms with Gasteiger partial charge in [-0.1, -0.05) is 44.1 Å². The smallest absolute Gasteiger partial charge is 0.187 e. The zero-order chi connectivity index (χ0) is 38.7. The lowest BCUT2D eigenvalue weighted by molar-refractivity contribution is -0.324. The highest BCUT2D eigenvalue weighted by Gasteiger charge is 2.65. The number of hydrogen-bond donors (Lipinski definition) is 10. The van der Waals surface area contributed by atoms with E-state index < -0.39 is 104 Å². The summed E-state index contributed by atoms with van der Waals surface area (Å²) < 4.78 is 24.7. The first-order valence-corrected chi connectivity index (χ1v) is 19.6. The van der Waals surface area contributed by atoms with Crippen molar-refractivity contribution in [3.8, 4) is 0 Å². The van der Waals surface area contributed by atoms with Crippen molar-refractivity contribution in [1.82, 2.24) is 0 Å². The van der Waals surface area contributed by atoms with Crippen molar-refractivity contribution in [3.05, 3.63) is 23.3 Å². The van der Waals surface area contributed by atoms with Crippen molar-refractivity contribution in [2.24, 2.45) is 40.4 Å². The van der Waals surface area contributed by atoms with Gasteiger partial charge in [-0.2, -0.15) is 0 Å². The maximum absolute atomic E-state index is 11.6. The van der Waals surface area contributed by atoms with Gasteiger partial charge in [-0.15, -0.1) is 0 Å². The molecule has 21 unspecified atom stereocenters. The molecule has 0 bridgehead atoms. The average Bonchev–Trinajstić information content (AvgIpc) is 3.42. The third kappa shape index (κ3) is 7.33. The summed E-state index contributed by atoms with van der Waals surface area (Å²) in [5, 5.41) is 106. The Labute approximate surface area is 312 Å². The fraction of sp³-hybridized carbons (Fsp3) is 0.897. The Morgan fingerprint density at radius 1 is 0.849 bits per heavy atom. The predicted molar refractivity (Wildman–Crippen MR) is 188 cm³/mol. The van der Waals surface area contributed by atoms with Crippen molar-refractivity contribution in [2.75, 3.05) is 13.2 Å². The van der Waals surface area contributed by atoms with Gasteiger partial charge in [0.05, 0.1) is 37.6 Å². The molecule has 14 heteroatoms. The second-order valence-corrected chi connectivity index (χ2v) is 17.7.